The van der Waals surface area contributed by atoms with Crippen LogP contribution in [0.1, 0.15) is 25.7 Å². The molecule has 0 unspecified atom stereocenters. The van der Waals surface area contributed by atoms with Gasteiger partial charge >= 0.3 is 5.97 Å². The number of benzene rings is 1. The minimum absolute atomic E-state index is 0.136. The molecule has 0 atom stereocenters. The van der Waals surface area contributed by atoms with Gasteiger partial charge < -0.3 is 14.8 Å². The van der Waals surface area contributed by atoms with Crippen LogP contribution in [0.5, 0.6) is 5.75 Å². The smallest absolute Gasteiger partial charge is 0.305 e. The van der Waals surface area contributed by atoms with Gasteiger partial charge in [-0.05, 0) is 31.0 Å². The summed E-state index contributed by atoms with van der Waals surface area (Å²) in [7, 11) is 3.09. The molecule has 1 N–H and O–H groups in total. The van der Waals surface area contributed by atoms with Crippen LogP contribution >= 0.6 is 11.3 Å². The molecule has 2 rings (SSSR count). The summed E-state index contributed by atoms with van der Waals surface area (Å²) in [5.74, 6) is 0.712. The molecule has 1 heterocycles. The zero-order valence-electron chi connectivity index (χ0n) is 12.3. The Morgan fingerprint density at radius 1 is 1.29 bits per heavy atom. The third-order valence-corrected chi connectivity index (χ3v) is 4.13. The molecule has 0 aliphatic rings. The lowest BCUT2D eigenvalue weighted by Crippen LogP contribution is -2.02. The van der Waals surface area contributed by atoms with Crippen LogP contribution in [-0.4, -0.2) is 31.7 Å². The van der Waals surface area contributed by atoms with Crippen molar-refractivity contribution in [3.8, 4) is 5.75 Å². The summed E-state index contributed by atoms with van der Waals surface area (Å²) >= 11 is 1.62. The fourth-order valence-electron chi connectivity index (χ4n) is 1.98. The highest BCUT2D eigenvalue weighted by molar-refractivity contribution is 7.22. The molecular formula is C15H20N2O3S. The summed E-state index contributed by atoms with van der Waals surface area (Å²) in [4.78, 5) is 15.5. The molecule has 0 radical (unpaired) electrons. The molecule has 0 aliphatic heterocycles. The van der Waals surface area contributed by atoms with E-state index in [4.69, 9.17) is 4.74 Å². The summed E-state index contributed by atoms with van der Waals surface area (Å²) < 4.78 is 10.9. The molecule has 0 bridgehead atoms. The third kappa shape index (κ3) is 4.60. The Labute approximate surface area is 128 Å². The monoisotopic (exact) mass is 308 g/mol. The van der Waals surface area contributed by atoms with Gasteiger partial charge in [-0.15, -0.1) is 0 Å². The van der Waals surface area contributed by atoms with Crippen molar-refractivity contribution in [3.05, 3.63) is 18.2 Å². The topological polar surface area (TPSA) is 60.5 Å². The van der Waals surface area contributed by atoms with Gasteiger partial charge in [0, 0.05) is 13.0 Å². The lowest BCUT2D eigenvalue weighted by atomic mass is 10.2. The maximum absolute atomic E-state index is 11.0. The van der Waals surface area contributed by atoms with Gasteiger partial charge in [-0.25, -0.2) is 4.98 Å². The van der Waals surface area contributed by atoms with E-state index in [1.54, 1.807) is 18.4 Å². The van der Waals surface area contributed by atoms with Crippen molar-refractivity contribution in [1.82, 2.24) is 4.98 Å². The van der Waals surface area contributed by atoms with Crippen LogP contribution in [0.3, 0.4) is 0 Å². The van der Waals surface area contributed by atoms with Crippen molar-refractivity contribution in [2.75, 3.05) is 26.1 Å². The average Bonchev–Trinajstić information content (AvgIpc) is 2.91. The summed E-state index contributed by atoms with van der Waals surface area (Å²) in [6.07, 6.45) is 3.37. The van der Waals surface area contributed by atoms with Crippen LogP contribution < -0.4 is 10.1 Å². The van der Waals surface area contributed by atoms with E-state index in [2.05, 4.69) is 15.0 Å². The Hall–Kier alpha value is -1.82. The standard InChI is InChI=1S/C15H20N2O3S/c1-19-11-7-8-12-13(10-11)21-15(17-12)16-9-5-3-4-6-14(18)20-2/h7-8,10H,3-6,9H2,1-2H3,(H,16,17). The lowest BCUT2D eigenvalue weighted by molar-refractivity contribution is -0.140. The van der Waals surface area contributed by atoms with Gasteiger partial charge in [0.2, 0.25) is 0 Å². The van der Waals surface area contributed by atoms with Crippen molar-refractivity contribution >= 4 is 32.7 Å². The number of hydrogen-bond acceptors (Lipinski definition) is 6. The van der Waals surface area contributed by atoms with E-state index >= 15 is 0 Å². The maximum atomic E-state index is 11.0. The lowest BCUT2D eigenvalue weighted by Gasteiger charge is -2.02. The summed E-state index contributed by atoms with van der Waals surface area (Å²) in [6, 6.07) is 5.87. The average molecular weight is 308 g/mol. The van der Waals surface area contributed by atoms with Crippen LogP contribution in [-0.2, 0) is 9.53 Å². The molecule has 5 nitrogen and oxygen atoms in total. The zero-order chi connectivity index (χ0) is 15.1. The van der Waals surface area contributed by atoms with Crippen LogP contribution in [0.4, 0.5) is 5.13 Å². The first-order chi connectivity index (χ1) is 10.2. The van der Waals surface area contributed by atoms with Crippen LogP contribution in [0.25, 0.3) is 10.2 Å². The van der Waals surface area contributed by atoms with Gasteiger partial charge in [-0.3, -0.25) is 4.79 Å². The van der Waals surface area contributed by atoms with Crippen molar-refractivity contribution in [2.45, 2.75) is 25.7 Å². The van der Waals surface area contributed by atoms with Crippen LogP contribution in [0.2, 0.25) is 0 Å². The molecule has 114 valence electrons. The van der Waals surface area contributed by atoms with E-state index in [1.807, 2.05) is 18.2 Å². The second kappa shape index (κ2) is 7.83. The molecule has 0 fully saturated rings. The van der Waals surface area contributed by atoms with Crippen molar-refractivity contribution < 1.29 is 14.3 Å². The Balaban J connectivity index is 1.75. The Morgan fingerprint density at radius 3 is 2.90 bits per heavy atom. The molecular weight excluding hydrogens is 288 g/mol. The molecule has 0 aliphatic carbocycles. The normalized spacial score (nSPS) is 10.6. The van der Waals surface area contributed by atoms with Crippen molar-refractivity contribution in [3.63, 3.8) is 0 Å². The first-order valence-electron chi connectivity index (χ1n) is 6.98. The molecule has 0 saturated carbocycles. The van der Waals surface area contributed by atoms with Gasteiger partial charge in [0.15, 0.2) is 5.13 Å². The zero-order valence-corrected chi connectivity index (χ0v) is 13.2. The highest BCUT2D eigenvalue weighted by atomic mass is 32.1. The summed E-state index contributed by atoms with van der Waals surface area (Å²) in [5, 5.41) is 4.25. The summed E-state index contributed by atoms with van der Waals surface area (Å²) in [5.41, 5.74) is 0.981. The molecule has 0 spiro atoms. The second-order valence-corrected chi connectivity index (χ2v) is 5.70. The van der Waals surface area contributed by atoms with E-state index in [-0.39, 0.29) is 5.97 Å². The van der Waals surface area contributed by atoms with Gasteiger partial charge in [0.1, 0.15) is 5.75 Å². The number of thiazole rings is 1. The number of carbonyl (C=O) groups is 1. The Bertz CT molecular complexity index is 598. The number of fused-ring (bicyclic) bond motifs is 1. The molecule has 2 aromatic rings. The van der Waals surface area contributed by atoms with Crippen molar-refractivity contribution in [1.29, 1.82) is 0 Å². The highest BCUT2D eigenvalue weighted by Gasteiger charge is 2.04. The number of hydrogen-bond donors (Lipinski definition) is 1. The maximum Gasteiger partial charge on any atom is 0.305 e. The van der Waals surface area contributed by atoms with E-state index in [9.17, 15) is 4.79 Å². The minimum Gasteiger partial charge on any atom is -0.497 e. The second-order valence-electron chi connectivity index (χ2n) is 4.67. The van der Waals surface area contributed by atoms with E-state index in [0.29, 0.717) is 6.42 Å². The molecule has 6 heteroatoms. The number of aromatic nitrogens is 1. The predicted octanol–water partition coefficient (Wildman–Crippen LogP) is 3.45. The predicted molar refractivity (Wildman–Crippen MR) is 85.1 cm³/mol. The number of methoxy groups -OCH3 is 2. The van der Waals surface area contributed by atoms with Gasteiger partial charge in [0.05, 0.1) is 24.4 Å². The first-order valence-corrected chi connectivity index (χ1v) is 7.80. The SMILES string of the molecule is COC(=O)CCCCCNc1nc2ccc(OC)cc2s1. The fraction of sp³-hybridized carbons (Fsp3) is 0.467. The number of unbranched alkanes of at least 4 members (excludes halogenated alkanes) is 2. The minimum atomic E-state index is -0.136. The number of nitrogens with zero attached hydrogens (tertiary/aromatic N) is 1. The molecule has 0 amide bonds. The number of carbonyl (C=O) groups excluding carboxylic acids is 1. The van der Waals surface area contributed by atoms with E-state index in [0.717, 1.165) is 46.9 Å². The van der Waals surface area contributed by atoms with Gasteiger partial charge in [0.25, 0.3) is 0 Å². The molecule has 21 heavy (non-hydrogen) atoms. The number of anilines is 1. The van der Waals surface area contributed by atoms with Crippen molar-refractivity contribution in [2.24, 2.45) is 0 Å². The van der Waals surface area contributed by atoms with Crippen LogP contribution in [0.15, 0.2) is 18.2 Å². The number of ether oxygens (including phenoxy) is 2. The fourth-order valence-corrected chi connectivity index (χ4v) is 2.90. The number of nitrogens with one attached hydrogen (secondary N) is 1. The molecule has 1 aromatic heterocycles. The molecule has 1 aromatic carbocycles. The van der Waals surface area contributed by atoms with Gasteiger partial charge in [-0.1, -0.05) is 17.8 Å². The molecule has 0 saturated heterocycles. The van der Waals surface area contributed by atoms with E-state index in [1.165, 1.54) is 7.11 Å². The van der Waals surface area contributed by atoms with Gasteiger partial charge in [-0.2, -0.15) is 0 Å². The Kier molecular flexibility index (Phi) is 5.80. The van der Waals surface area contributed by atoms with Crippen LogP contribution in [0, 0.1) is 0 Å². The first kappa shape index (κ1) is 15.6. The summed E-state index contributed by atoms with van der Waals surface area (Å²) in [6.45, 7) is 0.859. The quantitative estimate of drug-likeness (QED) is 0.598. The highest BCUT2D eigenvalue weighted by Crippen LogP contribution is 2.29. The van der Waals surface area contributed by atoms with E-state index < -0.39 is 0 Å². The largest absolute Gasteiger partial charge is 0.497 e. The Morgan fingerprint density at radius 2 is 2.14 bits per heavy atom. The number of esters is 1. The third-order valence-electron chi connectivity index (χ3n) is 3.16. The number of rotatable bonds is 8.